The Morgan fingerprint density at radius 2 is 1.79 bits per heavy atom. The van der Waals surface area contributed by atoms with Crippen LogP contribution in [0.5, 0.6) is 0 Å². The average molecular weight is 391 g/mol. The summed E-state index contributed by atoms with van der Waals surface area (Å²) in [6.07, 6.45) is 9.62. The van der Waals surface area contributed by atoms with Gasteiger partial charge in [-0.2, -0.15) is 0 Å². The topological polar surface area (TPSA) is 54.9 Å². The Labute approximate surface area is 130 Å². The number of aromatic nitrogens is 2. The molecule has 2 rings (SSSR count). The summed E-state index contributed by atoms with van der Waals surface area (Å²) in [5, 5.41) is 2.88. The second-order valence-electron chi connectivity index (χ2n) is 4.86. The van der Waals surface area contributed by atoms with Crippen LogP contribution in [0.2, 0.25) is 0 Å². The molecule has 0 unspecified atom stereocenters. The molecule has 6 heteroatoms. The minimum atomic E-state index is 0.0687. The molecule has 0 atom stereocenters. The van der Waals surface area contributed by atoms with Crippen molar-refractivity contribution in [2.24, 2.45) is 5.92 Å². The van der Waals surface area contributed by atoms with E-state index in [1.165, 1.54) is 19.3 Å². The van der Waals surface area contributed by atoms with Gasteiger partial charge in [0.2, 0.25) is 5.91 Å². The maximum atomic E-state index is 12.3. The third-order valence-electron chi connectivity index (χ3n) is 3.42. The highest BCUT2D eigenvalue weighted by molar-refractivity contribution is 9.11. The molecule has 1 aliphatic rings. The zero-order chi connectivity index (χ0) is 13.7. The molecule has 1 amide bonds. The van der Waals surface area contributed by atoms with Gasteiger partial charge >= 0.3 is 0 Å². The van der Waals surface area contributed by atoms with Crippen LogP contribution in [-0.4, -0.2) is 15.9 Å². The molecule has 19 heavy (non-hydrogen) atoms. The SMILES string of the molecule is O=C(Nc1ncc(Br)nc1Br)C1CCCCCCC1. The van der Waals surface area contributed by atoms with E-state index in [0.29, 0.717) is 15.0 Å². The summed E-state index contributed by atoms with van der Waals surface area (Å²) < 4.78 is 1.20. The van der Waals surface area contributed by atoms with Gasteiger partial charge in [0.1, 0.15) is 9.21 Å². The van der Waals surface area contributed by atoms with E-state index in [-0.39, 0.29) is 11.8 Å². The van der Waals surface area contributed by atoms with Crippen LogP contribution in [0.1, 0.15) is 44.9 Å². The first kappa shape index (κ1) is 14.9. The van der Waals surface area contributed by atoms with Gasteiger partial charge in [-0.25, -0.2) is 9.97 Å². The molecule has 104 valence electrons. The monoisotopic (exact) mass is 389 g/mol. The van der Waals surface area contributed by atoms with E-state index in [1.54, 1.807) is 6.20 Å². The second kappa shape index (κ2) is 7.33. The van der Waals surface area contributed by atoms with Crippen LogP contribution in [0.25, 0.3) is 0 Å². The summed E-state index contributed by atoms with van der Waals surface area (Å²) in [6.45, 7) is 0. The largest absolute Gasteiger partial charge is 0.308 e. The van der Waals surface area contributed by atoms with Gasteiger partial charge in [-0.05, 0) is 44.7 Å². The van der Waals surface area contributed by atoms with Crippen molar-refractivity contribution in [2.45, 2.75) is 44.9 Å². The Morgan fingerprint density at radius 1 is 1.16 bits per heavy atom. The lowest BCUT2D eigenvalue weighted by atomic mass is 9.90. The molecule has 1 aliphatic carbocycles. The molecule has 1 aromatic heterocycles. The van der Waals surface area contributed by atoms with E-state index in [9.17, 15) is 4.79 Å². The molecule has 4 nitrogen and oxygen atoms in total. The van der Waals surface area contributed by atoms with E-state index < -0.39 is 0 Å². The summed E-state index contributed by atoms with van der Waals surface area (Å²) >= 11 is 6.55. The Kier molecular flexibility index (Phi) is 5.76. The van der Waals surface area contributed by atoms with Crippen molar-refractivity contribution < 1.29 is 4.79 Å². The number of hydrogen-bond donors (Lipinski definition) is 1. The number of carbonyl (C=O) groups is 1. The maximum absolute atomic E-state index is 12.3. The number of hydrogen-bond acceptors (Lipinski definition) is 3. The predicted molar refractivity (Wildman–Crippen MR) is 81.9 cm³/mol. The molecule has 0 radical (unpaired) electrons. The van der Waals surface area contributed by atoms with Gasteiger partial charge in [0.25, 0.3) is 0 Å². The van der Waals surface area contributed by atoms with Crippen LogP contribution in [0.15, 0.2) is 15.4 Å². The summed E-state index contributed by atoms with van der Waals surface area (Å²) in [5.74, 6) is 0.673. The quantitative estimate of drug-likeness (QED) is 0.818. The van der Waals surface area contributed by atoms with Crippen molar-refractivity contribution in [3.8, 4) is 0 Å². The minimum absolute atomic E-state index is 0.0687. The van der Waals surface area contributed by atoms with Crippen LogP contribution in [0, 0.1) is 5.92 Å². The van der Waals surface area contributed by atoms with Gasteiger partial charge in [-0.3, -0.25) is 4.79 Å². The Morgan fingerprint density at radius 3 is 2.42 bits per heavy atom. The number of halogens is 2. The molecule has 0 saturated heterocycles. The fourth-order valence-corrected chi connectivity index (χ4v) is 3.28. The van der Waals surface area contributed by atoms with Gasteiger partial charge in [0.05, 0.1) is 6.20 Å². The molecule has 0 aromatic carbocycles. The first-order valence-electron chi connectivity index (χ1n) is 6.65. The third kappa shape index (κ3) is 4.53. The van der Waals surface area contributed by atoms with Crippen molar-refractivity contribution in [2.75, 3.05) is 5.32 Å². The highest BCUT2D eigenvalue weighted by Gasteiger charge is 2.20. The Balaban J connectivity index is 1.98. The van der Waals surface area contributed by atoms with Crippen molar-refractivity contribution in [1.82, 2.24) is 9.97 Å². The first-order chi connectivity index (χ1) is 9.16. The van der Waals surface area contributed by atoms with Gasteiger partial charge < -0.3 is 5.32 Å². The average Bonchev–Trinajstić information content (AvgIpc) is 2.32. The van der Waals surface area contributed by atoms with E-state index in [4.69, 9.17) is 0 Å². The second-order valence-corrected chi connectivity index (χ2v) is 6.43. The zero-order valence-electron chi connectivity index (χ0n) is 10.7. The lowest BCUT2D eigenvalue weighted by Gasteiger charge is -2.19. The maximum Gasteiger partial charge on any atom is 0.228 e. The molecule has 0 spiro atoms. The van der Waals surface area contributed by atoms with E-state index >= 15 is 0 Å². The van der Waals surface area contributed by atoms with Crippen LogP contribution >= 0.6 is 31.9 Å². The van der Waals surface area contributed by atoms with Crippen LogP contribution in [0.3, 0.4) is 0 Å². The summed E-state index contributed by atoms with van der Waals surface area (Å²) in [4.78, 5) is 20.6. The highest BCUT2D eigenvalue weighted by Crippen LogP contribution is 2.25. The normalized spacial score (nSPS) is 17.6. The molecular formula is C13H17Br2N3O. The number of carbonyl (C=O) groups excluding carboxylic acids is 1. The van der Waals surface area contributed by atoms with Crippen LogP contribution < -0.4 is 5.32 Å². The van der Waals surface area contributed by atoms with Gasteiger partial charge in [-0.15, -0.1) is 0 Å². The molecular weight excluding hydrogens is 374 g/mol. The van der Waals surface area contributed by atoms with Crippen molar-refractivity contribution >= 4 is 43.6 Å². The fourth-order valence-electron chi connectivity index (χ4n) is 2.37. The van der Waals surface area contributed by atoms with Gasteiger partial charge in [-0.1, -0.05) is 32.1 Å². The molecule has 0 bridgehead atoms. The van der Waals surface area contributed by atoms with E-state index in [1.807, 2.05) is 0 Å². The van der Waals surface area contributed by atoms with E-state index in [2.05, 4.69) is 47.1 Å². The van der Waals surface area contributed by atoms with Gasteiger partial charge in [0, 0.05) is 5.92 Å². The van der Waals surface area contributed by atoms with Crippen LogP contribution in [0.4, 0.5) is 5.82 Å². The number of anilines is 1. The number of nitrogens with one attached hydrogen (secondary N) is 1. The fraction of sp³-hybridized carbons (Fsp3) is 0.615. The predicted octanol–water partition coefficient (Wildman–Crippen LogP) is 4.30. The molecule has 1 heterocycles. The number of amides is 1. The first-order valence-corrected chi connectivity index (χ1v) is 8.24. The molecule has 1 aromatic rings. The zero-order valence-corrected chi connectivity index (χ0v) is 13.8. The number of nitrogens with zero attached hydrogens (tertiary/aromatic N) is 2. The highest BCUT2D eigenvalue weighted by atomic mass is 79.9. The Hall–Kier alpha value is -0.490. The van der Waals surface area contributed by atoms with Gasteiger partial charge in [0.15, 0.2) is 5.82 Å². The smallest absolute Gasteiger partial charge is 0.228 e. The summed E-state index contributed by atoms with van der Waals surface area (Å²) in [6, 6.07) is 0. The molecule has 1 fully saturated rings. The van der Waals surface area contributed by atoms with Crippen molar-refractivity contribution in [1.29, 1.82) is 0 Å². The van der Waals surface area contributed by atoms with Crippen LogP contribution in [-0.2, 0) is 4.79 Å². The lowest BCUT2D eigenvalue weighted by Crippen LogP contribution is -2.24. The van der Waals surface area contributed by atoms with Crippen molar-refractivity contribution in [3.63, 3.8) is 0 Å². The summed E-state index contributed by atoms with van der Waals surface area (Å²) in [5.41, 5.74) is 0. The number of rotatable bonds is 2. The molecule has 1 saturated carbocycles. The lowest BCUT2D eigenvalue weighted by molar-refractivity contribution is -0.120. The molecule has 0 aliphatic heterocycles. The summed E-state index contributed by atoms with van der Waals surface area (Å²) in [7, 11) is 0. The van der Waals surface area contributed by atoms with Crippen molar-refractivity contribution in [3.05, 3.63) is 15.4 Å². The van der Waals surface area contributed by atoms with E-state index in [0.717, 1.165) is 25.7 Å². The standard InChI is InChI=1S/C13H17Br2N3O/c14-10-8-16-12(11(15)17-10)18-13(19)9-6-4-2-1-3-5-7-9/h8-9H,1-7H2,(H,16,18,19). The third-order valence-corrected chi connectivity index (χ3v) is 4.35. The Bertz CT molecular complexity index is 446. The molecule has 1 N–H and O–H groups in total. The minimum Gasteiger partial charge on any atom is -0.308 e.